The first-order valence-corrected chi connectivity index (χ1v) is 16.1. The molecule has 4 aromatic carbocycles. The van der Waals surface area contributed by atoms with E-state index in [1.807, 2.05) is 103 Å². The Bertz CT molecular complexity index is 1730. The molecule has 0 fully saturated rings. The fourth-order valence-electron chi connectivity index (χ4n) is 5.35. The zero-order chi connectivity index (χ0) is 34.4. The predicted molar refractivity (Wildman–Crippen MR) is 181 cm³/mol. The first-order valence-electron chi connectivity index (χ1n) is 16.1. The van der Waals surface area contributed by atoms with Gasteiger partial charge in [0.2, 0.25) is 11.8 Å². The van der Waals surface area contributed by atoms with Crippen LogP contribution < -0.4 is 16.0 Å². The summed E-state index contributed by atoms with van der Waals surface area (Å²) >= 11 is 0. The second-order valence-electron chi connectivity index (χ2n) is 11.7. The van der Waals surface area contributed by atoms with Gasteiger partial charge >= 0.3 is 12.2 Å². The fourth-order valence-corrected chi connectivity index (χ4v) is 5.35. The smallest absolute Gasteiger partial charge is 0.445 e. The molecule has 3 amide bonds. The highest BCUT2D eigenvalue weighted by atomic mass is 16.7. The van der Waals surface area contributed by atoms with Crippen LogP contribution in [0.5, 0.6) is 0 Å². The maximum atomic E-state index is 12.8. The van der Waals surface area contributed by atoms with Gasteiger partial charge in [-0.1, -0.05) is 103 Å². The maximum absolute atomic E-state index is 12.8. The van der Waals surface area contributed by atoms with Gasteiger partial charge in [0.1, 0.15) is 13.2 Å². The van der Waals surface area contributed by atoms with Crippen LogP contribution in [-0.2, 0) is 56.3 Å². The third-order valence-corrected chi connectivity index (χ3v) is 7.83. The minimum atomic E-state index is -1.10. The van der Waals surface area contributed by atoms with Crippen LogP contribution in [0.15, 0.2) is 103 Å². The summed E-state index contributed by atoms with van der Waals surface area (Å²) in [6, 6.07) is 31.8. The molecule has 0 radical (unpaired) electrons. The Morgan fingerprint density at radius 3 is 2.24 bits per heavy atom. The second-order valence-corrected chi connectivity index (χ2v) is 11.7. The van der Waals surface area contributed by atoms with Crippen molar-refractivity contribution >= 4 is 24.1 Å². The Morgan fingerprint density at radius 2 is 1.51 bits per heavy atom. The number of alkyl carbamates (subject to hydrolysis) is 1. The van der Waals surface area contributed by atoms with E-state index in [1.54, 1.807) is 0 Å². The van der Waals surface area contributed by atoms with Crippen molar-refractivity contribution in [1.29, 1.82) is 0 Å². The molecule has 0 spiro atoms. The number of carbonyl (C=O) groups excluding carboxylic acids is 4. The molecule has 49 heavy (non-hydrogen) atoms. The Kier molecular flexibility index (Phi) is 12.4. The normalized spacial score (nSPS) is 15.3. The number of ether oxygens (including phenoxy) is 3. The van der Waals surface area contributed by atoms with Gasteiger partial charge in [-0.2, -0.15) is 0 Å². The standard InChI is InChI=1S/C38H39N3O8/c42-32(22-40-37(45)47-24-27-8-3-1-4-9-27)21-31-16-14-29-19-33(31)30-13-7-12-26(18-30)15-17-34(43)39-23-35(44)41-36(20-29)49-38(46)48-25-28-10-5-2-6-11-28/h1-14,16,18-19,32,36,42H,15,17,20-25H2,(H,39,43)(H,40,45)(H,41,44)/t32-,36+/m1/s1. The topological polar surface area (TPSA) is 152 Å². The van der Waals surface area contributed by atoms with Crippen LogP contribution in [0.1, 0.15) is 34.2 Å². The molecule has 1 aliphatic rings. The summed E-state index contributed by atoms with van der Waals surface area (Å²) < 4.78 is 16.1. The van der Waals surface area contributed by atoms with Crippen molar-refractivity contribution in [3.8, 4) is 11.1 Å². The van der Waals surface area contributed by atoms with Gasteiger partial charge in [0.05, 0.1) is 12.6 Å². The number of carbonyl (C=O) groups is 4. The number of aliphatic hydroxyl groups is 1. The number of hydrogen-bond acceptors (Lipinski definition) is 8. The third-order valence-electron chi connectivity index (χ3n) is 7.83. The lowest BCUT2D eigenvalue weighted by atomic mass is 9.91. The molecule has 0 aliphatic carbocycles. The molecule has 254 valence electrons. The van der Waals surface area contributed by atoms with Gasteiger partial charge in [0, 0.05) is 25.8 Å². The van der Waals surface area contributed by atoms with E-state index in [0.717, 1.165) is 38.9 Å². The molecule has 0 unspecified atom stereocenters. The summed E-state index contributed by atoms with van der Waals surface area (Å²) in [5, 5.41) is 18.8. The molecule has 4 N–H and O–H groups in total. The molecule has 1 heterocycles. The summed E-state index contributed by atoms with van der Waals surface area (Å²) in [7, 11) is 0. The first-order chi connectivity index (χ1) is 23.8. The Hall–Kier alpha value is -5.68. The zero-order valence-corrected chi connectivity index (χ0v) is 26.9. The van der Waals surface area contributed by atoms with Gasteiger partial charge in [-0.05, 0) is 45.4 Å². The van der Waals surface area contributed by atoms with Crippen LogP contribution in [0.3, 0.4) is 0 Å². The summed E-state index contributed by atoms with van der Waals surface area (Å²) in [5.74, 6) is -0.825. The lowest BCUT2D eigenvalue weighted by molar-refractivity contribution is -0.128. The predicted octanol–water partition coefficient (Wildman–Crippen LogP) is 4.58. The molecule has 0 aromatic heterocycles. The summed E-state index contributed by atoms with van der Waals surface area (Å²) in [4.78, 5) is 50.3. The number of fused-ring (bicyclic) bond motifs is 5. The van der Waals surface area contributed by atoms with Gasteiger partial charge in [0.25, 0.3) is 0 Å². The lowest BCUT2D eigenvalue weighted by Gasteiger charge is -2.21. The van der Waals surface area contributed by atoms with E-state index in [1.165, 1.54) is 0 Å². The van der Waals surface area contributed by atoms with Crippen molar-refractivity contribution in [2.75, 3.05) is 13.1 Å². The van der Waals surface area contributed by atoms with Gasteiger partial charge in [-0.15, -0.1) is 0 Å². The molecule has 1 aliphatic heterocycles. The number of rotatable bonds is 9. The number of aryl methyl sites for hydroxylation is 1. The second kappa shape index (κ2) is 17.5. The van der Waals surface area contributed by atoms with E-state index < -0.39 is 30.5 Å². The van der Waals surface area contributed by atoms with Crippen LogP contribution in [0.25, 0.3) is 11.1 Å². The number of nitrogens with one attached hydrogen (secondary N) is 3. The van der Waals surface area contributed by atoms with Gasteiger partial charge in [-0.3, -0.25) is 9.59 Å². The van der Waals surface area contributed by atoms with E-state index in [-0.39, 0.29) is 51.5 Å². The van der Waals surface area contributed by atoms with Crippen molar-refractivity contribution in [3.05, 3.63) is 131 Å². The fraction of sp³-hybridized carbons (Fsp3) is 0.263. The largest absolute Gasteiger partial charge is 0.510 e. The van der Waals surface area contributed by atoms with E-state index in [2.05, 4.69) is 16.0 Å². The molecule has 11 heteroatoms. The minimum Gasteiger partial charge on any atom is -0.445 e. The molecule has 5 rings (SSSR count). The number of amides is 3. The Balaban J connectivity index is 1.32. The number of benzene rings is 4. The van der Waals surface area contributed by atoms with Crippen molar-refractivity contribution in [2.24, 2.45) is 0 Å². The van der Waals surface area contributed by atoms with Gasteiger partial charge < -0.3 is 35.3 Å². The van der Waals surface area contributed by atoms with E-state index in [4.69, 9.17) is 14.2 Å². The van der Waals surface area contributed by atoms with Crippen LogP contribution in [0.2, 0.25) is 0 Å². The number of aliphatic hydroxyl groups excluding tert-OH is 1. The lowest BCUT2D eigenvalue weighted by Crippen LogP contribution is -2.45. The minimum absolute atomic E-state index is 0.00643. The van der Waals surface area contributed by atoms with Crippen molar-refractivity contribution in [2.45, 2.75) is 51.2 Å². The third kappa shape index (κ3) is 11.2. The average molecular weight is 666 g/mol. The quantitative estimate of drug-likeness (QED) is 0.190. The summed E-state index contributed by atoms with van der Waals surface area (Å²) in [5.41, 5.74) is 5.76. The van der Waals surface area contributed by atoms with Crippen LogP contribution in [-0.4, -0.2) is 54.6 Å². The molecule has 0 saturated heterocycles. The maximum Gasteiger partial charge on any atom is 0.510 e. The number of hydrogen-bond donors (Lipinski definition) is 4. The molecule has 4 bridgehead atoms. The molecular weight excluding hydrogens is 626 g/mol. The SMILES string of the molecule is O=C1CCc2cccc(c2)-c2cc(ccc2C[C@@H](O)CNC(=O)OCc2ccccc2)C[C@H](OC(=O)OCc2ccccc2)NC(=O)CN1. The van der Waals surface area contributed by atoms with Crippen LogP contribution in [0, 0.1) is 0 Å². The zero-order valence-electron chi connectivity index (χ0n) is 26.9. The average Bonchev–Trinajstić information content (AvgIpc) is 3.12. The molecular formula is C38H39N3O8. The van der Waals surface area contributed by atoms with Crippen molar-refractivity contribution in [1.82, 2.24) is 16.0 Å². The molecule has 11 nitrogen and oxygen atoms in total. The van der Waals surface area contributed by atoms with Crippen LogP contribution >= 0.6 is 0 Å². The monoisotopic (exact) mass is 665 g/mol. The van der Waals surface area contributed by atoms with Crippen molar-refractivity contribution in [3.63, 3.8) is 0 Å². The highest BCUT2D eigenvalue weighted by Crippen LogP contribution is 2.28. The Morgan fingerprint density at radius 1 is 0.796 bits per heavy atom. The van der Waals surface area contributed by atoms with Gasteiger partial charge in [-0.25, -0.2) is 9.59 Å². The van der Waals surface area contributed by atoms with E-state index >= 15 is 0 Å². The van der Waals surface area contributed by atoms with E-state index in [9.17, 15) is 24.3 Å². The molecule has 4 aromatic rings. The highest BCUT2D eigenvalue weighted by molar-refractivity contribution is 5.85. The molecule has 0 saturated carbocycles. The van der Waals surface area contributed by atoms with Crippen LogP contribution in [0.4, 0.5) is 9.59 Å². The van der Waals surface area contributed by atoms with Crippen molar-refractivity contribution < 1.29 is 38.5 Å². The summed E-state index contributed by atoms with van der Waals surface area (Å²) in [6.07, 6.45) is -2.69. The Labute approximate surface area is 284 Å². The highest BCUT2D eigenvalue weighted by Gasteiger charge is 2.21. The van der Waals surface area contributed by atoms with E-state index in [0.29, 0.717) is 6.42 Å². The van der Waals surface area contributed by atoms with Gasteiger partial charge in [0.15, 0.2) is 6.23 Å². The first kappa shape index (κ1) is 34.6. The summed E-state index contributed by atoms with van der Waals surface area (Å²) in [6.45, 7) is -0.208. The molecule has 2 atom stereocenters.